The monoisotopic (exact) mass is 320 g/mol. The molecule has 1 atom stereocenters. The molecule has 1 amide bonds. The molecule has 0 saturated carbocycles. The average Bonchev–Trinajstić information content (AvgIpc) is 2.49. The number of phenolic OH excluding ortho intramolecular Hbond substituents is 1. The van der Waals surface area contributed by atoms with Gasteiger partial charge in [-0.3, -0.25) is 9.69 Å². The van der Waals surface area contributed by atoms with Gasteiger partial charge < -0.3 is 15.2 Å². The van der Waals surface area contributed by atoms with Crippen LogP contribution >= 0.6 is 0 Å². The van der Waals surface area contributed by atoms with E-state index in [9.17, 15) is 9.90 Å². The summed E-state index contributed by atoms with van der Waals surface area (Å²) in [5.74, 6) is 0.761. The molecular weight excluding hydrogens is 292 g/mol. The number of aromatic hydroxyl groups is 1. The molecule has 1 aromatic carbocycles. The van der Waals surface area contributed by atoms with Crippen LogP contribution in [0.15, 0.2) is 18.2 Å². The van der Waals surface area contributed by atoms with Crippen LogP contribution < -0.4 is 5.32 Å². The van der Waals surface area contributed by atoms with Gasteiger partial charge in [0.1, 0.15) is 5.75 Å². The number of morpholine rings is 1. The smallest absolute Gasteiger partial charge is 0.251 e. The summed E-state index contributed by atoms with van der Waals surface area (Å²) in [6, 6.07) is 4.89. The Balaban J connectivity index is 1.75. The van der Waals surface area contributed by atoms with E-state index in [1.807, 2.05) is 0 Å². The molecule has 0 radical (unpaired) electrons. The minimum atomic E-state index is -0.108. The molecule has 1 aliphatic heterocycles. The zero-order valence-electron chi connectivity index (χ0n) is 14.3. The van der Waals surface area contributed by atoms with Crippen LogP contribution in [0.25, 0.3) is 0 Å². The Hall–Kier alpha value is -1.59. The minimum Gasteiger partial charge on any atom is -0.508 e. The summed E-state index contributed by atoms with van der Waals surface area (Å²) in [6.07, 6.45) is 1.00. The molecule has 5 heteroatoms. The molecule has 1 saturated heterocycles. The fraction of sp³-hybridized carbons (Fsp3) is 0.611. The largest absolute Gasteiger partial charge is 0.508 e. The Labute approximate surface area is 138 Å². The van der Waals surface area contributed by atoms with Gasteiger partial charge in [0.05, 0.1) is 12.7 Å². The van der Waals surface area contributed by atoms with E-state index in [4.69, 9.17) is 4.74 Å². The summed E-state index contributed by atoms with van der Waals surface area (Å²) in [4.78, 5) is 14.6. The van der Waals surface area contributed by atoms with Gasteiger partial charge >= 0.3 is 0 Å². The topological polar surface area (TPSA) is 61.8 Å². The summed E-state index contributed by atoms with van der Waals surface area (Å²) in [5.41, 5.74) is 1.28. The van der Waals surface area contributed by atoms with Gasteiger partial charge in [-0.1, -0.05) is 13.8 Å². The molecule has 1 aromatic rings. The zero-order valence-corrected chi connectivity index (χ0v) is 14.3. The van der Waals surface area contributed by atoms with Crippen molar-refractivity contribution in [3.8, 4) is 5.75 Å². The van der Waals surface area contributed by atoms with Crippen LogP contribution in [-0.4, -0.2) is 54.8 Å². The third-order valence-corrected chi connectivity index (χ3v) is 4.06. The van der Waals surface area contributed by atoms with E-state index in [1.165, 1.54) is 0 Å². The van der Waals surface area contributed by atoms with Crippen molar-refractivity contribution >= 4 is 5.91 Å². The van der Waals surface area contributed by atoms with Gasteiger partial charge in [0.15, 0.2) is 0 Å². The maximum Gasteiger partial charge on any atom is 0.251 e. The molecule has 0 bridgehead atoms. The lowest BCUT2D eigenvalue weighted by Crippen LogP contribution is -2.45. The lowest BCUT2D eigenvalue weighted by atomic mass is 10.1. The van der Waals surface area contributed by atoms with Crippen molar-refractivity contribution in [1.82, 2.24) is 10.2 Å². The van der Waals surface area contributed by atoms with Crippen molar-refractivity contribution < 1.29 is 14.6 Å². The highest BCUT2D eigenvalue weighted by Crippen LogP contribution is 2.17. The van der Waals surface area contributed by atoms with E-state index in [2.05, 4.69) is 24.1 Å². The fourth-order valence-corrected chi connectivity index (χ4v) is 2.88. The van der Waals surface area contributed by atoms with Crippen molar-refractivity contribution in [2.75, 3.05) is 32.8 Å². The molecule has 5 nitrogen and oxygen atoms in total. The first-order valence-electron chi connectivity index (χ1n) is 8.37. The minimum absolute atomic E-state index is 0.108. The molecule has 1 heterocycles. The second kappa shape index (κ2) is 8.31. The van der Waals surface area contributed by atoms with Gasteiger partial charge in [-0.05, 0) is 43.0 Å². The third-order valence-electron chi connectivity index (χ3n) is 4.06. The molecule has 2 N–H and O–H groups in total. The number of hydrogen-bond donors (Lipinski definition) is 2. The number of phenols is 1. The maximum absolute atomic E-state index is 12.1. The summed E-state index contributed by atoms with van der Waals surface area (Å²) in [7, 11) is 0. The Morgan fingerprint density at radius 2 is 2.26 bits per heavy atom. The highest BCUT2D eigenvalue weighted by atomic mass is 16.5. The normalized spacial score (nSPS) is 19.0. The standard InChI is InChI=1S/C18H28N2O3/c1-13(2)11-20-8-9-23-16(12-20)6-7-19-18(22)15-4-5-17(21)14(3)10-15/h4-5,10,13,16,21H,6-9,11-12H2,1-3H3,(H,19,22)/t16-/m0/s1. The van der Waals surface area contributed by atoms with Crippen LogP contribution in [0.1, 0.15) is 36.2 Å². The number of ether oxygens (including phenoxy) is 1. The zero-order chi connectivity index (χ0) is 16.8. The number of carbonyl (C=O) groups excluding carboxylic acids is 1. The van der Waals surface area contributed by atoms with Crippen LogP contribution in [0.2, 0.25) is 0 Å². The predicted octanol–water partition coefficient (Wildman–Crippen LogP) is 2.18. The number of nitrogens with one attached hydrogen (secondary N) is 1. The number of rotatable bonds is 6. The maximum atomic E-state index is 12.1. The van der Waals surface area contributed by atoms with Gasteiger partial charge in [-0.15, -0.1) is 0 Å². The van der Waals surface area contributed by atoms with Crippen molar-refractivity contribution in [3.63, 3.8) is 0 Å². The number of carbonyl (C=O) groups is 1. The van der Waals surface area contributed by atoms with E-state index in [-0.39, 0.29) is 17.8 Å². The first-order chi connectivity index (χ1) is 11.0. The molecule has 2 rings (SSSR count). The van der Waals surface area contributed by atoms with Crippen LogP contribution in [-0.2, 0) is 4.74 Å². The van der Waals surface area contributed by atoms with E-state index in [1.54, 1.807) is 25.1 Å². The Morgan fingerprint density at radius 3 is 2.96 bits per heavy atom. The van der Waals surface area contributed by atoms with Crippen molar-refractivity contribution in [1.29, 1.82) is 0 Å². The SMILES string of the molecule is Cc1cc(C(=O)NCC[C@H]2CN(CC(C)C)CCO2)ccc1O. The molecule has 0 unspecified atom stereocenters. The molecule has 1 fully saturated rings. The quantitative estimate of drug-likeness (QED) is 0.843. The van der Waals surface area contributed by atoms with Gasteiger partial charge in [-0.2, -0.15) is 0 Å². The molecule has 0 aliphatic carbocycles. The van der Waals surface area contributed by atoms with Crippen LogP contribution in [0.5, 0.6) is 5.75 Å². The summed E-state index contributed by atoms with van der Waals surface area (Å²) >= 11 is 0. The summed E-state index contributed by atoms with van der Waals surface area (Å²) in [6.45, 7) is 10.6. The van der Waals surface area contributed by atoms with Crippen molar-refractivity contribution in [2.45, 2.75) is 33.3 Å². The van der Waals surface area contributed by atoms with Crippen molar-refractivity contribution in [3.05, 3.63) is 29.3 Å². The number of benzene rings is 1. The summed E-state index contributed by atoms with van der Waals surface area (Å²) < 4.78 is 5.79. The summed E-state index contributed by atoms with van der Waals surface area (Å²) in [5, 5.41) is 12.4. The van der Waals surface area contributed by atoms with Crippen LogP contribution in [0.4, 0.5) is 0 Å². The van der Waals surface area contributed by atoms with Crippen LogP contribution in [0.3, 0.4) is 0 Å². The molecule has 0 aromatic heterocycles. The molecular formula is C18H28N2O3. The lowest BCUT2D eigenvalue weighted by Gasteiger charge is -2.34. The Kier molecular flexibility index (Phi) is 6.42. The van der Waals surface area contributed by atoms with E-state index in [0.717, 1.165) is 32.7 Å². The molecule has 1 aliphatic rings. The third kappa shape index (κ3) is 5.52. The van der Waals surface area contributed by atoms with Gasteiger partial charge in [0.2, 0.25) is 0 Å². The molecule has 128 valence electrons. The van der Waals surface area contributed by atoms with Crippen molar-refractivity contribution in [2.24, 2.45) is 5.92 Å². The lowest BCUT2D eigenvalue weighted by molar-refractivity contribution is -0.0344. The molecule has 23 heavy (non-hydrogen) atoms. The fourth-order valence-electron chi connectivity index (χ4n) is 2.88. The number of aryl methyl sites for hydroxylation is 1. The van der Waals surface area contributed by atoms with Crippen LogP contribution in [0, 0.1) is 12.8 Å². The molecule has 0 spiro atoms. The van der Waals surface area contributed by atoms with Gasteiger partial charge in [0.25, 0.3) is 5.91 Å². The second-order valence-electron chi connectivity index (χ2n) is 6.69. The van der Waals surface area contributed by atoms with E-state index in [0.29, 0.717) is 23.6 Å². The highest BCUT2D eigenvalue weighted by molar-refractivity contribution is 5.94. The first kappa shape index (κ1) is 17.8. The number of amides is 1. The number of nitrogens with zero attached hydrogens (tertiary/aromatic N) is 1. The Bertz CT molecular complexity index is 531. The van der Waals surface area contributed by atoms with Gasteiger partial charge in [-0.25, -0.2) is 0 Å². The first-order valence-corrected chi connectivity index (χ1v) is 8.37. The predicted molar refractivity (Wildman–Crippen MR) is 90.8 cm³/mol. The highest BCUT2D eigenvalue weighted by Gasteiger charge is 2.20. The van der Waals surface area contributed by atoms with Gasteiger partial charge in [0, 0.05) is 31.7 Å². The Morgan fingerprint density at radius 1 is 1.48 bits per heavy atom. The van der Waals surface area contributed by atoms with E-state index < -0.39 is 0 Å². The van der Waals surface area contributed by atoms with E-state index >= 15 is 0 Å². The number of hydrogen-bond acceptors (Lipinski definition) is 4. The average molecular weight is 320 g/mol. The second-order valence-corrected chi connectivity index (χ2v) is 6.69.